The van der Waals surface area contributed by atoms with Gasteiger partial charge < -0.3 is 10.6 Å². The van der Waals surface area contributed by atoms with Gasteiger partial charge in [-0.25, -0.2) is 8.42 Å². The molecule has 17 heavy (non-hydrogen) atoms. The van der Waals surface area contributed by atoms with Crippen LogP contribution in [0.5, 0.6) is 0 Å². The summed E-state index contributed by atoms with van der Waals surface area (Å²) in [6, 6.07) is 5.61. The SMILES string of the molecule is CC1CS(=O)(=O)CCN1c1cc(Br)ccc1N. The third-order valence-corrected chi connectivity index (χ3v) is 5.26. The van der Waals surface area contributed by atoms with E-state index < -0.39 is 9.84 Å². The molecule has 0 amide bonds. The van der Waals surface area contributed by atoms with Crippen LogP contribution in [-0.4, -0.2) is 32.5 Å². The molecule has 1 unspecified atom stereocenters. The summed E-state index contributed by atoms with van der Waals surface area (Å²) in [7, 11) is -2.89. The van der Waals surface area contributed by atoms with Gasteiger partial charge in [0, 0.05) is 17.1 Å². The second kappa shape index (κ2) is 4.49. The summed E-state index contributed by atoms with van der Waals surface area (Å²) in [5, 5.41) is 0. The molecule has 0 aromatic heterocycles. The van der Waals surface area contributed by atoms with E-state index in [0.717, 1.165) is 10.2 Å². The van der Waals surface area contributed by atoms with Crippen LogP contribution in [0, 0.1) is 0 Å². The van der Waals surface area contributed by atoms with Crippen molar-refractivity contribution in [3.8, 4) is 0 Å². The molecule has 1 atom stereocenters. The van der Waals surface area contributed by atoms with Gasteiger partial charge in [0.25, 0.3) is 0 Å². The minimum atomic E-state index is -2.89. The summed E-state index contributed by atoms with van der Waals surface area (Å²) in [5.41, 5.74) is 7.52. The van der Waals surface area contributed by atoms with E-state index in [9.17, 15) is 8.42 Å². The maximum Gasteiger partial charge on any atom is 0.154 e. The molecular formula is C11H15BrN2O2S. The average molecular weight is 319 g/mol. The molecule has 2 rings (SSSR count). The molecule has 0 radical (unpaired) electrons. The second-order valence-corrected chi connectivity index (χ2v) is 7.50. The highest BCUT2D eigenvalue weighted by molar-refractivity contribution is 9.10. The number of benzene rings is 1. The standard InChI is InChI=1S/C11H15BrN2O2S/c1-8-7-17(15,16)5-4-14(8)11-6-9(12)2-3-10(11)13/h2-3,6,8H,4-5,7,13H2,1H3. The zero-order valence-electron chi connectivity index (χ0n) is 9.56. The van der Waals surface area contributed by atoms with Crippen LogP contribution in [0.15, 0.2) is 22.7 Å². The zero-order valence-corrected chi connectivity index (χ0v) is 12.0. The minimum absolute atomic E-state index is 0.0367. The van der Waals surface area contributed by atoms with Crippen LogP contribution < -0.4 is 10.6 Å². The molecule has 0 saturated carbocycles. The van der Waals surface area contributed by atoms with Crippen molar-refractivity contribution in [2.24, 2.45) is 0 Å². The first kappa shape index (κ1) is 12.7. The molecular weight excluding hydrogens is 304 g/mol. The number of nitrogens with two attached hydrogens (primary N) is 1. The van der Waals surface area contributed by atoms with Gasteiger partial charge in [0.15, 0.2) is 9.84 Å². The molecule has 6 heteroatoms. The zero-order chi connectivity index (χ0) is 12.6. The fourth-order valence-electron chi connectivity index (χ4n) is 2.12. The van der Waals surface area contributed by atoms with Crippen LogP contribution in [0.1, 0.15) is 6.92 Å². The van der Waals surface area contributed by atoms with Gasteiger partial charge in [0.1, 0.15) is 0 Å². The molecule has 2 N–H and O–H groups in total. The lowest BCUT2D eigenvalue weighted by Crippen LogP contribution is -2.47. The fraction of sp³-hybridized carbons (Fsp3) is 0.455. The Balaban J connectivity index is 2.32. The molecule has 1 saturated heterocycles. The number of nitrogens with zero attached hydrogens (tertiary/aromatic N) is 1. The molecule has 1 heterocycles. The molecule has 0 spiro atoms. The third-order valence-electron chi connectivity index (χ3n) is 2.97. The largest absolute Gasteiger partial charge is 0.397 e. The first-order chi connectivity index (χ1) is 7.89. The van der Waals surface area contributed by atoms with E-state index in [1.54, 1.807) is 0 Å². The lowest BCUT2D eigenvalue weighted by atomic mass is 10.2. The molecule has 1 fully saturated rings. The Kier molecular flexibility index (Phi) is 3.36. The van der Waals surface area contributed by atoms with Crippen molar-refractivity contribution in [1.82, 2.24) is 0 Å². The van der Waals surface area contributed by atoms with Gasteiger partial charge in [-0.2, -0.15) is 0 Å². The van der Waals surface area contributed by atoms with E-state index in [2.05, 4.69) is 20.8 Å². The van der Waals surface area contributed by atoms with Crippen LogP contribution in [0.2, 0.25) is 0 Å². The highest BCUT2D eigenvalue weighted by atomic mass is 79.9. The van der Waals surface area contributed by atoms with Gasteiger partial charge in [0.05, 0.1) is 22.9 Å². The Morgan fingerprint density at radius 1 is 1.47 bits per heavy atom. The number of hydrogen-bond donors (Lipinski definition) is 1. The van der Waals surface area contributed by atoms with Gasteiger partial charge in [-0.3, -0.25) is 0 Å². The van der Waals surface area contributed by atoms with Crippen molar-refractivity contribution in [2.45, 2.75) is 13.0 Å². The first-order valence-electron chi connectivity index (χ1n) is 5.41. The van der Waals surface area contributed by atoms with Crippen molar-refractivity contribution < 1.29 is 8.42 Å². The van der Waals surface area contributed by atoms with Crippen LogP contribution >= 0.6 is 15.9 Å². The predicted molar refractivity (Wildman–Crippen MR) is 74.0 cm³/mol. The highest BCUT2D eigenvalue weighted by Gasteiger charge is 2.29. The van der Waals surface area contributed by atoms with Crippen molar-refractivity contribution in [3.63, 3.8) is 0 Å². The average Bonchev–Trinajstić information content (AvgIpc) is 2.21. The molecule has 94 valence electrons. The van der Waals surface area contributed by atoms with E-state index in [-0.39, 0.29) is 17.5 Å². The summed E-state index contributed by atoms with van der Waals surface area (Å²) >= 11 is 3.40. The number of rotatable bonds is 1. The molecule has 4 nitrogen and oxygen atoms in total. The number of halogens is 1. The van der Waals surface area contributed by atoms with Crippen LogP contribution in [-0.2, 0) is 9.84 Å². The fourth-order valence-corrected chi connectivity index (χ4v) is 4.03. The lowest BCUT2D eigenvalue weighted by molar-refractivity contribution is 0.568. The number of nitrogen functional groups attached to an aromatic ring is 1. The Hall–Kier alpha value is -0.750. The van der Waals surface area contributed by atoms with E-state index in [1.165, 1.54) is 0 Å². The molecule has 1 aromatic rings. The summed E-state index contributed by atoms with van der Waals surface area (Å²) < 4.78 is 24.0. The van der Waals surface area contributed by atoms with Gasteiger partial charge in [-0.15, -0.1) is 0 Å². The smallest absolute Gasteiger partial charge is 0.154 e. The quantitative estimate of drug-likeness (QED) is 0.800. The van der Waals surface area contributed by atoms with Crippen molar-refractivity contribution in [2.75, 3.05) is 28.7 Å². The topological polar surface area (TPSA) is 63.4 Å². The third kappa shape index (κ3) is 2.74. The lowest BCUT2D eigenvalue weighted by Gasteiger charge is -2.35. The van der Waals surface area contributed by atoms with E-state index in [0.29, 0.717) is 12.2 Å². The first-order valence-corrected chi connectivity index (χ1v) is 8.02. The second-order valence-electron chi connectivity index (χ2n) is 4.36. The summed E-state index contributed by atoms with van der Waals surface area (Å²) in [6.07, 6.45) is 0. The van der Waals surface area contributed by atoms with E-state index in [4.69, 9.17) is 5.73 Å². The van der Waals surface area contributed by atoms with Crippen LogP contribution in [0.4, 0.5) is 11.4 Å². The van der Waals surface area contributed by atoms with E-state index >= 15 is 0 Å². The van der Waals surface area contributed by atoms with Crippen LogP contribution in [0.25, 0.3) is 0 Å². The number of sulfone groups is 1. The number of hydrogen-bond acceptors (Lipinski definition) is 4. The van der Waals surface area contributed by atoms with Gasteiger partial charge >= 0.3 is 0 Å². The van der Waals surface area contributed by atoms with Crippen molar-refractivity contribution in [1.29, 1.82) is 0 Å². The summed E-state index contributed by atoms with van der Waals surface area (Å²) in [5.74, 6) is 0.391. The summed E-state index contributed by atoms with van der Waals surface area (Å²) in [4.78, 5) is 2.06. The van der Waals surface area contributed by atoms with Crippen molar-refractivity contribution >= 4 is 37.1 Å². The van der Waals surface area contributed by atoms with Gasteiger partial charge in [-0.05, 0) is 25.1 Å². The van der Waals surface area contributed by atoms with Gasteiger partial charge in [0.2, 0.25) is 0 Å². The molecule has 0 aliphatic carbocycles. The van der Waals surface area contributed by atoms with E-state index in [1.807, 2.05) is 25.1 Å². The Bertz CT molecular complexity index is 530. The predicted octanol–water partition coefficient (Wildman–Crippen LogP) is 1.65. The summed E-state index contributed by atoms with van der Waals surface area (Å²) in [6.45, 7) is 2.42. The molecule has 1 aliphatic rings. The number of anilines is 2. The van der Waals surface area contributed by atoms with Crippen LogP contribution in [0.3, 0.4) is 0 Å². The normalized spacial score (nSPS) is 23.6. The molecule has 1 aromatic carbocycles. The Labute approximate surface area is 110 Å². The monoisotopic (exact) mass is 318 g/mol. The minimum Gasteiger partial charge on any atom is -0.397 e. The van der Waals surface area contributed by atoms with Crippen molar-refractivity contribution in [3.05, 3.63) is 22.7 Å². The Morgan fingerprint density at radius 2 is 2.18 bits per heavy atom. The Morgan fingerprint density at radius 3 is 2.82 bits per heavy atom. The maximum atomic E-state index is 11.5. The van der Waals surface area contributed by atoms with Gasteiger partial charge in [-0.1, -0.05) is 15.9 Å². The molecule has 0 bridgehead atoms. The maximum absolute atomic E-state index is 11.5. The molecule has 1 aliphatic heterocycles. The highest BCUT2D eigenvalue weighted by Crippen LogP contribution is 2.30.